The summed E-state index contributed by atoms with van der Waals surface area (Å²) in [6.07, 6.45) is -3.91. The number of hydrogen-bond acceptors (Lipinski definition) is 2. The molecule has 1 amide bonds. The molecular weight excluding hydrogens is 245 g/mol. The second-order valence-corrected chi connectivity index (χ2v) is 4.69. The van der Waals surface area contributed by atoms with Crippen molar-refractivity contribution in [2.45, 2.75) is 18.0 Å². The molecule has 0 unspecified atom stereocenters. The Balaban J connectivity index is 2.19. The topological polar surface area (TPSA) is 41.1 Å². The molecule has 6 heteroatoms. The van der Waals surface area contributed by atoms with E-state index in [2.05, 4.69) is 10.6 Å². The number of nitrogens with one attached hydrogen (secondary N) is 2. The van der Waals surface area contributed by atoms with Crippen LogP contribution in [-0.2, 0) is 16.4 Å². The Morgan fingerprint density at radius 1 is 1.28 bits per heavy atom. The highest BCUT2D eigenvalue weighted by molar-refractivity contribution is 6.07. The second kappa shape index (κ2) is 3.47. The van der Waals surface area contributed by atoms with Crippen molar-refractivity contribution in [3.05, 3.63) is 29.3 Å². The molecule has 2 N–H and O–H groups in total. The van der Waals surface area contributed by atoms with Gasteiger partial charge in [0.05, 0.1) is 16.7 Å². The SMILES string of the molecule is O=C1Nc2c(C(F)(F)F)cccc2[C@]12CCNC2. The molecule has 1 spiro atoms. The van der Waals surface area contributed by atoms with Crippen molar-refractivity contribution in [3.8, 4) is 0 Å². The van der Waals surface area contributed by atoms with Crippen molar-refractivity contribution < 1.29 is 18.0 Å². The van der Waals surface area contributed by atoms with Crippen LogP contribution in [0.15, 0.2) is 18.2 Å². The largest absolute Gasteiger partial charge is 0.418 e. The maximum absolute atomic E-state index is 12.9. The van der Waals surface area contributed by atoms with Crippen molar-refractivity contribution in [3.63, 3.8) is 0 Å². The van der Waals surface area contributed by atoms with Crippen LogP contribution in [0.1, 0.15) is 17.5 Å². The van der Waals surface area contributed by atoms with Crippen molar-refractivity contribution in [1.29, 1.82) is 0 Å². The van der Waals surface area contributed by atoms with E-state index in [4.69, 9.17) is 0 Å². The van der Waals surface area contributed by atoms with Gasteiger partial charge in [-0.1, -0.05) is 12.1 Å². The van der Waals surface area contributed by atoms with Gasteiger partial charge >= 0.3 is 6.18 Å². The van der Waals surface area contributed by atoms with Crippen LogP contribution in [0.25, 0.3) is 0 Å². The lowest BCUT2D eigenvalue weighted by Gasteiger charge is -2.20. The average Bonchev–Trinajstić information content (AvgIpc) is 2.86. The number of hydrogen-bond donors (Lipinski definition) is 2. The van der Waals surface area contributed by atoms with E-state index < -0.39 is 17.2 Å². The fraction of sp³-hybridized carbons (Fsp3) is 0.417. The van der Waals surface area contributed by atoms with Gasteiger partial charge in [0.1, 0.15) is 0 Å². The van der Waals surface area contributed by atoms with Gasteiger partial charge < -0.3 is 10.6 Å². The molecule has 0 bridgehead atoms. The number of carbonyl (C=O) groups excluding carboxylic acids is 1. The van der Waals surface area contributed by atoms with Gasteiger partial charge in [-0.3, -0.25) is 4.79 Å². The third-order valence-electron chi connectivity index (χ3n) is 3.71. The number of fused-ring (bicyclic) bond motifs is 2. The van der Waals surface area contributed by atoms with E-state index in [-0.39, 0.29) is 11.6 Å². The van der Waals surface area contributed by atoms with Crippen LogP contribution in [0, 0.1) is 0 Å². The molecule has 2 aliphatic heterocycles. The van der Waals surface area contributed by atoms with Crippen LogP contribution in [0.5, 0.6) is 0 Å². The monoisotopic (exact) mass is 256 g/mol. The molecule has 0 saturated carbocycles. The van der Waals surface area contributed by atoms with Gasteiger partial charge in [0.15, 0.2) is 0 Å². The molecule has 3 nitrogen and oxygen atoms in total. The molecule has 2 aliphatic rings. The fourth-order valence-corrected chi connectivity index (χ4v) is 2.79. The normalized spacial score (nSPS) is 26.5. The van der Waals surface area contributed by atoms with E-state index in [1.54, 1.807) is 6.07 Å². The zero-order valence-corrected chi connectivity index (χ0v) is 9.40. The molecule has 18 heavy (non-hydrogen) atoms. The smallest absolute Gasteiger partial charge is 0.324 e. The van der Waals surface area contributed by atoms with Gasteiger partial charge in [-0.25, -0.2) is 0 Å². The first kappa shape index (κ1) is 11.5. The molecule has 1 aromatic carbocycles. The first-order valence-electron chi connectivity index (χ1n) is 5.68. The summed E-state index contributed by atoms with van der Waals surface area (Å²) in [4.78, 5) is 12.0. The summed E-state index contributed by atoms with van der Waals surface area (Å²) in [7, 11) is 0. The van der Waals surface area contributed by atoms with Crippen LogP contribution < -0.4 is 10.6 Å². The molecular formula is C12H11F3N2O. The standard InChI is InChI=1S/C12H11F3N2O/c13-12(14,15)8-3-1-2-7-9(8)17-10(18)11(7)4-5-16-6-11/h1-3,16H,4-6H2,(H,17,18)/t11-/m1/s1. The van der Waals surface area contributed by atoms with Gasteiger partial charge in [-0.2, -0.15) is 13.2 Å². The highest BCUT2D eigenvalue weighted by Gasteiger charge is 2.51. The number of rotatable bonds is 0. The lowest BCUT2D eigenvalue weighted by Crippen LogP contribution is -2.36. The number of anilines is 1. The molecule has 3 rings (SSSR count). The molecule has 1 fully saturated rings. The first-order chi connectivity index (χ1) is 8.45. The van der Waals surface area contributed by atoms with Gasteiger partial charge in [0, 0.05) is 6.54 Å². The number of alkyl halides is 3. The molecule has 2 heterocycles. The Morgan fingerprint density at radius 2 is 2.06 bits per heavy atom. The van der Waals surface area contributed by atoms with E-state index >= 15 is 0 Å². The summed E-state index contributed by atoms with van der Waals surface area (Å²) in [5.74, 6) is -0.334. The molecule has 1 aromatic rings. The second-order valence-electron chi connectivity index (χ2n) is 4.69. The number of para-hydroxylation sites is 1. The Hall–Kier alpha value is -1.56. The van der Waals surface area contributed by atoms with Crippen molar-refractivity contribution in [1.82, 2.24) is 5.32 Å². The minimum absolute atomic E-state index is 0.0706. The van der Waals surface area contributed by atoms with E-state index in [1.165, 1.54) is 6.07 Å². The summed E-state index contributed by atoms with van der Waals surface area (Å²) in [5.41, 5.74) is -1.19. The summed E-state index contributed by atoms with van der Waals surface area (Å²) in [5, 5.41) is 5.45. The van der Waals surface area contributed by atoms with Gasteiger partial charge in [-0.05, 0) is 24.6 Å². The molecule has 1 saturated heterocycles. The van der Waals surface area contributed by atoms with Gasteiger partial charge in [0.2, 0.25) is 5.91 Å². The Kier molecular flexibility index (Phi) is 2.22. The third kappa shape index (κ3) is 1.38. The zero-order chi connectivity index (χ0) is 13.0. The van der Waals surface area contributed by atoms with Gasteiger partial charge in [-0.15, -0.1) is 0 Å². The van der Waals surface area contributed by atoms with Crippen LogP contribution in [0.3, 0.4) is 0 Å². The Bertz CT molecular complexity index is 519. The Labute approximate surface area is 101 Å². The van der Waals surface area contributed by atoms with E-state index in [0.717, 1.165) is 6.07 Å². The van der Waals surface area contributed by atoms with E-state index in [0.29, 0.717) is 25.1 Å². The molecule has 0 radical (unpaired) electrons. The lowest BCUT2D eigenvalue weighted by molar-refractivity contribution is -0.136. The number of benzene rings is 1. The van der Waals surface area contributed by atoms with E-state index in [1.807, 2.05) is 0 Å². The lowest BCUT2D eigenvalue weighted by atomic mass is 9.80. The molecule has 96 valence electrons. The minimum atomic E-state index is -4.45. The predicted molar refractivity (Wildman–Crippen MR) is 59.2 cm³/mol. The molecule has 0 aromatic heterocycles. The highest BCUT2D eigenvalue weighted by Crippen LogP contribution is 2.47. The quantitative estimate of drug-likeness (QED) is 0.744. The summed E-state index contributed by atoms with van der Waals surface area (Å²) >= 11 is 0. The third-order valence-corrected chi connectivity index (χ3v) is 3.71. The number of halogens is 3. The minimum Gasteiger partial charge on any atom is -0.324 e. The van der Waals surface area contributed by atoms with Crippen LogP contribution in [0.4, 0.5) is 18.9 Å². The van der Waals surface area contributed by atoms with Crippen LogP contribution >= 0.6 is 0 Å². The first-order valence-corrected chi connectivity index (χ1v) is 5.68. The van der Waals surface area contributed by atoms with Crippen molar-refractivity contribution >= 4 is 11.6 Å². The summed E-state index contributed by atoms with van der Waals surface area (Å²) in [6, 6.07) is 3.97. The summed E-state index contributed by atoms with van der Waals surface area (Å²) in [6.45, 7) is 1.04. The summed E-state index contributed by atoms with van der Waals surface area (Å²) < 4.78 is 38.6. The van der Waals surface area contributed by atoms with Crippen molar-refractivity contribution in [2.24, 2.45) is 0 Å². The maximum Gasteiger partial charge on any atom is 0.418 e. The molecule has 1 atom stereocenters. The number of amides is 1. The van der Waals surface area contributed by atoms with Crippen LogP contribution in [0.2, 0.25) is 0 Å². The fourth-order valence-electron chi connectivity index (χ4n) is 2.79. The average molecular weight is 256 g/mol. The Morgan fingerprint density at radius 3 is 2.67 bits per heavy atom. The zero-order valence-electron chi connectivity index (χ0n) is 9.40. The highest BCUT2D eigenvalue weighted by atomic mass is 19.4. The number of carbonyl (C=O) groups is 1. The molecule has 0 aliphatic carbocycles. The van der Waals surface area contributed by atoms with Crippen molar-refractivity contribution in [2.75, 3.05) is 18.4 Å². The van der Waals surface area contributed by atoms with E-state index in [9.17, 15) is 18.0 Å². The maximum atomic E-state index is 12.9. The predicted octanol–water partition coefficient (Wildman–Crippen LogP) is 1.89. The van der Waals surface area contributed by atoms with Crippen LogP contribution in [-0.4, -0.2) is 19.0 Å². The van der Waals surface area contributed by atoms with Gasteiger partial charge in [0.25, 0.3) is 0 Å².